The Hall–Kier alpha value is -1.45. The summed E-state index contributed by atoms with van der Waals surface area (Å²) in [5, 5.41) is 0.703. The van der Waals surface area contributed by atoms with E-state index in [1.165, 1.54) is 30.6 Å². The van der Waals surface area contributed by atoms with Crippen molar-refractivity contribution in [3.63, 3.8) is 0 Å². The van der Waals surface area contributed by atoms with Crippen LogP contribution < -0.4 is 0 Å². The molecule has 1 heterocycles. The predicted octanol–water partition coefficient (Wildman–Crippen LogP) is 3.95. The molecule has 0 saturated carbocycles. The number of carbonyl (C=O) groups excluding carboxylic acids is 1. The van der Waals surface area contributed by atoms with Crippen LogP contribution in [0.1, 0.15) is 15.9 Å². The molecule has 2 aromatic rings. The summed E-state index contributed by atoms with van der Waals surface area (Å²) in [6.07, 6.45) is 2.99. The zero-order valence-electron chi connectivity index (χ0n) is 9.16. The molecule has 5 heteroatoms. The molecule has 0 atom stereocenters. The number of hydrogen-bond acceptors (Lipinski definition) is 2. The Morgan fingerprint density at radius 2 is 2.06 bits per heavy atom. The molecule has 18 heavy (non-hydrogen) atoms. The van der Waals surface area contributed by atoms with E-state index in [-0.39, 0.29) is 17.8 Å². The summed E-state index contributed by atoms with van der Waals surface area (Å²) in [6.45, 7) is 0. The third-order valence-electron chi connectivity index (χ3n) is 2.44. The molecular weight excluding hydrogens is 276 g/mol. The number of carbonyl (C=O) groups is 1. The second-order valence-electron chi connectivity index (χ2n) is 3.69. The predicted molar refractivity (Wildman–Crippen MR) is 68.7 cm³/mol. The number of nitrogens with zero attached hydrogens (tertiary/aromatic N) is 1. The van der Waals surface area contributed by atoms with E-state index in [9.17, 15) is 9.18 Å². The van der Waals surface area contributed by atoms with Crippen LogP contribution in [0.4, 0.5) is 4.39 Å². The minimum absolute atomic E-state index is 0.0125. The van der Waals surface area contributed by atoms with Crippen molar-refractivity contribution in [1.29, 1.82) is 0 Å². The molecule has 0 aliphatic heterocycles. The second kappa shape index (κ2) is 5.46. The van der Waals surface area contributed by atoms with Gasteiger partial charge in [-0.05, 0) is 29.8 Å². The standard InChI is InChI=1S/C13H8Cl2FNO/c14-9-1-2-12(16)10(6-9)13(18)5-8-3-4-17-7-11(8)15/h1-4,6-7H,5H2. The van der Waals surface area contributed by atoms with Crippen LogP contribution in [0.2, 0.25) is 10.0 Å². The Morgan fingerprint density at radius 1 is 1.28 bits per heavy atom. The van der Waals surface area contributed by atoms with E-state index in [0.717, 1.165) is 0 Å². The minimum atomic E-state index is -0.588. The minimum Gasteiger partial charge on any atom is -0.294 e. The van der Waals surface area contributed by atoms with Crippen LogP contribution >= 0.6 is 23.2 Å². The highest BCUT2D eigenvalue weighted by Crippen LogP contribution is 2.19. The van der Waals surface area contributed by atoms with Crippen molar-refractivity contribution in [3.8, 4) is 0 Å². The fourth-order valence-corrected chi connectivity index (χ4v) is 1.89. The summed E-state index contributed by atoms with van der Waals surface area (Å²) in [5.74, 6) is -0.960. The van der Waals surface area contributed by atoms with Gasteiger partial charge in [-0.2, -0.15) is 0 Å². The summed E-state index contributed by atoms with van der Waals surface area (Å²) < 4.78 is 13.5. The van der Waals surface area contributed by atoms with E-state index in [0.29, 0.717) is 15.6 Å². The molecule has 0 unspecified atom stereocenters. The fraction of sp³-hybridized carbons (Fsp3) is 0.0769. The molecule has 2 nitrogen and oxygen atoms in total. The molecule has 0 saturated heterocycles. The average molecular weight is 284 g/mol. The van der Waals surface area contributed by atoms with Gasteiger partial charge in [0.15, 0.2) is 5.78 Å². The molecule has 0 amide bonds. The Balaban J connectivity index is 2.28. The summed E-state index contributed by atoms with van der Waals surface area (Å²) in [6, 6.07) is 5.51. The summed E-state index contributed by atoms with van der Waals surface area (Å²) in [5.41, 5.74) is 0.575. The zero-order valence-corrected chi connectivity index (χ0v) is 10.7. The van der Waals surface area contributed by atoms with Gasteiger partial charge in [0.25, 0.3) is 0 Å². The molecule has 92 valence electrons. The van der Waals surface area contributed by atoms with E-state index in [4.69, 9.17) is 23.2 Å². The number of rotatable bonds is 3. The van der Waals surface area contributed by atoms with Gasteiger partial charge in [-0.1, -0.05) is 23.2 Å². The Labute approximate surface area is 113 Å². The Kier molecular flexibility index (Phi) is 3.94. The number of aromatic nitrogens is 1. The summed E-state index contributed by atoms with van der Waals surface area (Å²) in [7, 11) is 0. The van der Waals surface area contributed by atoms with Gasteiger partial charge in [-0.25, -0.2) is 4.39 Å². The molecule has 0 aliphatic rings. The average Bonchev–Trinajstić information content (AvgIpc) is 2.35. The first-order valence-electron chi connectivity index (χ1n) is 5.14. The Morgan fingerprint density at radius 3 is 2.78 bits per heavy atom. The molecule has 0 spiro atoms. The maximum Gasteiger partial charge on any atom is 0.170 e. The van der Waals surface area contributed by atoms with Crippen molar-refractivity contribution in [2.45, 2.75) is 6.42 Å². The Bertz CT molecular complexity index is 601. The lowest BCUT2D eigenvalue weighted by atomic mass is 10.0. The fourth-order valence-electron chi connectivity index (χ4n) is 1.53. The first kappa shape index (κ1) is 13.0. The van der Waals surface area contributed by atoms with Gasteiger partial charge in [0.2, 0.25) is 0 Å². The van der Waals surface area contributed by atoms with E-state index in [1.54, 1.807) is 6.07 Å². The van der Waals surface area contributed by atoms with Gasteiger partial charge in [0.05, 0.1) is 10.6 Å². The van der Waals surface area contributed by atoms with Crippen LogP contribution in [0.5, 0.6) is 0 Å². The first-order chi connectivity index (χ1) is 8.58. The van der Waals surface area contributed by atoms with Crippen LogP contribution in [-0.2, 0) is 6.42 Å². The smallest absolute Gasteiger partial charge is 0.170 e. The van der Waals surface area contributed by atoms with Gasteiger partial charge < -0.3 is 0 Å². The molecule has 1 aromatic carbocycles. The molecule has 0 radical (unpaired) electrons. The molecule has 2 rings (SSSR count). The second-order valence-corrected chi connectivity index (χ2v) is 4.53. The maximum atomic E-state index is 13.5. The molecule has 0 aliphatic carbocycles. The van der Waals surface area contributed by atoms with Crippen LogP contribution in [0.25, 0.3) is 0 Å². The third kappa shape index (κ3) is 2.86. The SMILES string of the molecule is O=C(Cc1ccncc1Cl)c1cc(Cl)ccc1F. The number of Topliss-reactive ketones (excluding diaryl/α,β-unsaturated/α-hetero) is 1. The molecule has 0 bridgehead atoms. The number of ketones is 1. The molecule has 0 N–H and O–H groups in total. The molecule has 0 fully saturated rings. The lowest BCUT2D eigenvalue weighted by molar-refractivity contribution is 0.0989. The van der Waals surface area contributed by atoms with E-state index < -0.39 is 5.82 Å². The van der Waals surface area contributed by atoms with Gasteiger partial charge in [0.1, 0.15) is 5.82 Å². The van der Waals surface area contributed by atoms with Gasteiger partial charge in [-0.3, -0.25) is 9.78 Å². The monoisotopic (exact) mass is 283 g/mol. The number of benzene rings is 1. The third-order valence-corrected chi connectivity index (χ3v) is 3.01. The quantitative estimate of drug-likeness (QED) is 0.799. The highest BCUT2D eigenvalue weighted by Gasteiger charge is 2.14. The zero-order chi connectivity index (χ0) is 13.1. The van der Waals surface area contributed by atoms with Crippen LogP contribution in [0.3, 0.4) is 0 Å². The number of halogens is 3. The van der Waals surface area contributed by atoms with Crippen molar-refractivity contribution in [2.24, 2.45) is 0 Å². The van der Waals surface area contributed by atoms with Crippen LogP contribution in [0.15, 0.2) is 36.7 Å². The van der Waals surface area contributed by atoms with Crippen molar-refractivity contribution in [1.82, 2.24) is 4.98 Å². The van der Waals surface area contributed by atoms with Crippen molar-refractivity contribution in [2.75, 3.05) is 0 Å². The highest BCUT2D eigenvalue weighted by molar-refractivity contribution is 6.31. The van der Waals surface area contributed by atoms with E-state index in [2.05, 4.69) is 4.98 Å². The van der Waals surface area contributed by atoms with Crippen LogP contribution in [0, 0.1) is 5.82 Å². The topological polar surface area (TPSA) is 30.0 Å². The normalized spacial score (nSPS) is 10.4. The summed E-state index contributed by atoms with van der Waals surface area (Å²) in [4.78, 5) is 15.8. The van der Waals surface area contributed by atoms with Gasteiger partial charge in [0, 0.05) is 23.8 Å². The summed E-state index contributed by atoms with van der Waals surface area (Å²) >= 11 is 11.6. The van der Waals surface area contributed by atoms with Crippen LogP contribution in [-0.4, -0.2) is 10.8 Å². The largest absolute Gasteiger partial charge is 0.294 e. The van der Waals surface area contributed by atoms with Gasteiger partial charge >= 0.3 is 0 Å². The van der Waals surface area contributed by atoms with E-state index in [1.807, 2.05) is 0 Å². The van der Waals surface area contributed by atoms with Crippen molar-refractivity contribution >= 4 is 29.0 Å². The number of pyridine rings is 1. The maximum absolute atomic E-state index is 13.5. The van der Waals surface area contributed by atoms with Crippen molar-refractivity contribution in [3.05, 3.63) is 63.6 Å². The van der Waals surface area contributed by atoms with Gasteiger partial charge in [-0.15, -0.1) is 0 Å². The highest BCUT2D eigenvalue weighted by atomic mass is 35.5. The molecule has 1 aromatic heterocycles. The lowest BCUT2D eigenvalue weighted by Crippen LogP contribution is -2.06. The number of hydrogen-bond donors (Lipinski definition) is 0. The van der Waals surface area contributed by atoms with E-state index >= 15 is 0 Å². The molecular formula is C13H8Cl2FNO. The van der Waals surface area contributed by atoms with Crippen molar-refractivity contribution < 1.29 is 9.18 Å². The lowest BCUT2D eigenvalue weighted by Gasteiger charge is -2.05. The first-order valence-corrected chi connectivity index (χ1v) is 5.90.